The number of nitrogens with one attached hydrogen (secondary N) is 1. The van der Waals surface area contributed by atoms with Gasteiger partial charge in [-0.05, 0) is 47.5 Å². The summed E-state index contributed by atoms with van der Waals surface area (Å²) in [4.78, 5) is 4.41. The Hall–Kier alpha value is -1.40. The van der Waals surface area contributed by atoms with Gasteiger partial charge in [0.15, 0.2) is 0 Å². The summed E-state index contributed by atoms with van der Waals surface area (Å²) in [6.07, 6.45) is 1.94. The Morgan fingerprint density at radius 2 is 2.15 bits per heavy atom. The third kappa shape index (κ3) is 3.37. The van der Waals surface area contributed by atoms with Crippen molar-refractivity contribution in [3.63, 3.8) is 0 Å². The Kier molecular flexibility index (Phi) is 4.77. The summed E-state index contributed by atoms with van der Waals surface area (Å²) < 4.78 is 21.1. The van der Waals surface area contributed by atoms with E-state index in [1.165, 1.54) is 6.07 Å². The molecule has 20 heavy (non-hydrogen) atoms. The summed E-state index contributed by atoms with van der Waals surface area (Å²) in [5.41, 5.74) is 2.55. The van der Waals surface area contributed by atoms with Crippen LogP contribution in [-0.2, 0) is 11.3 Å². The summed E-state index contributed by atoms with van der Waals surface area (Å²) in [5, 5.41) is 3.17. The largest absolute Gasteiger partial charge is 0.383 e. The van der Waals surface area contributed by atoms with E-state index >= 15 is 0 Å². The van der Waals surface area contributed by atoms with Crippen LogP contribution in [0.25, 0.3) is 0 Å². The zero-order chi connectivity index (χ0) is 14.7. The lowest BCUT2D eigenvalue weighted by atomic mass is 10.2. The van der Waals surface area contributed by atoms with Crippen molar-refractivity contribution in [3.05, 3.63) is 39.9 Å². The van der Waals surface area contributed by atoms with E-state index in [-0.39, 0.29) is 5.82 Å². The van der Waals surface area contributed by atoms with Gasteiger partial charge in [-0.2, -0.15) is 0 Å². The van der Waals surface area contributed by atoms with Crippen molar-refractivity contribution in [1.82, 2.24) is 9.55 Å². The molecule has 0 saturated carbocycles. The maximum Gasteiger partial charge on any atom is 0.207 e. The number of methoxy groups -OCH3 is 1. The fourth-order valence-corrected chi connectivity index (χ4v) is 2.37. The van der Waals surface area contributed by atoms with Crippen LogP contribution in [0, 0.1) is 19.7 Å². The molecule has 0 spiro atoms. The molecular weight excluding hydrogens is 325 g/mol. The summed E-state index contributed by atoms with van der Waals surface area (Å²) in [7, 11) is 1.66. The van der Waals surface area contributed by atoms with Gasteiger partial charge < -0.3 is 14.6 Å². The lowest BCUT2D eigenvalue weighted by Gasteiger charge is -2.12. The molecule has 1 heterocycles. The number of aryl methyl sites for hydroxylation is 2. The average molecular weight is 342 g/mol. The number of imidazole rings is 1. The van der Waals surface area contributed by atoms with Crippen LogP contribution in [0.5, 0.6) is 0 Å². The van der Waals surface area contributed by atoms with Crippen LogP contribution in [0.1, 0.15) is 11.3 Å². The molecule has 0 saturated heterocycles. The van der Waals surface area contributed by atoms with Gasteiger partial charge in [0, 0.05) is 25.5 Å². The SMILES string of the molecule is COCCn1cc(C)nc1Nc1cc(F)c(Br)cc1C. The minimum Gasteiger partial charge on any atom is -0.383 e. The van der Waals surface area contributed by atoms with Crippen LogP contribution in [0.2, 0.25) is 0 Å². The fourth-order valence-electron chi connectivity index (χ4n) is 1.91. The van der Waals surface area contributed by atoms with Gasteiger partial charge in [0.1, 0.15) is 5.82 Å². The highest BCUT2D eigenvalue weighted by molar-refractivity contribution is 9.10. The molecule has 0 radical (unpaired) electrons. The first-order valence-electron chi connectivity index (χ1n) is 6.26. The van der Waals surface area contributed by atoms with Crippen molar-refractivity contribution in [1.29, 1.82) is 0 Å². The maximum atomic E-state index is 13.6. The smallest absolute Gasteiger partial charge is 0.207 e. The van der Waals surface area contributed by atoms with Crippen LogP contribution in [0.3, 0.4) is 0 Å². The predicted molar refractivity (Wildman–Crippen MR) is 81.0 cm³/mol. The minimum atomic E-state index is -0.301. The molecule has 0 fully saturated rings. The monoisotopic (exact) mass is 341 g/mol. The maximum absolute atomic E-state index is 13.6. The Morgan fingerprint density at radius 3 is 2.85 bits per heavy atom. The fraction of sp³-hybridized carbons (Fsp3) is 0.357. The second-order valence-electron chi connectivity index (χ2n) is 4.60. The minimum absolute atomic E-state index is 0.301. The van der Waals surface area contributed by atoms with Crippen molar-refractivity contribution in [2.45, 2.75) is 20.4 Å². The second-order valence-corrected chi connectivity index (χ2v) is 5.45. The molecule has 0 aliphatic heterocycles. The number of nitrogens with zero attached hydrogens (tertiary/aromatic N) is 2. The lowest BCUT2D eigenvalue weighted by Crippen LogP contribution is -2.08. The van der Waals surface area contributed by atoms with Crippen LogP contribution in [-0.4, -0.2) is 23.3 Å². The van der Waals surface area contributed by atoms with Gasteiger partial charge in [-0.1, -0.05) is 0 Å². The highest BCUT2D eigenvalue weighted by atomic mass is 79.9. The molecule has 6 heteroatoms. The van der Waals surface area contributed by atoms with Crippen LogP contribution in [0.15, 0.2) is 22.8 Å². The summed E-state index contributed by atoms with van der Waals surface area (Å²) in [6, 6.07) is 3.21. The van der Waals surface area contributed by atoms with E-state index in [4.69, 9.17) is 4.74 Å². The Morgan fingerprint density at radius 1 is 1.40 bits per heavy atom. The standard InChI is InChI=1S/C14H17BrFN3O/c1-9-6-11(15)12(16)7-13(9)18-14-17-10(2)8-19(14)4-5-20-3/h6-8H,4-5H2,1-3H3,(H,17,18). The number of benzene rings is 1. The van der Waals surface area contributed by atoms with Crippen LogP contribution < -0.4 is 5.32 Å². The van der Waals surface area contributed by atoms with Gasteiger partial charge in [-0.3, -0.25) is 0 Å². The van der Waals surface area contributed by atoms with E-state index in [2.05, 4.69) is 26.2 Å². The van der Waals surface area contributed by atoms with Gasteiger partial charge in [-0.25, -0.2) is 9.37 Å². The lowest BCUT2D eigenvalue weighted by molar-refractivity contribution is 0.188. The van der Waals surface area contributed by atoms with Crippen molar-refractivity contribution in [3.8, 4) is 0 Å². The molecule has 0 atom stereocenters. The van der Waals surface area contributed by atoms with E-state index in [1.54, 1.807) is 13.2 Å². The first-order valence-corrected chi connectivity index (χ1v) is 7.06. The third-order valence-corrected chi connectivity index (χ3v) is 3.55. The third-order valence-electron chi connectivity index (χ3n) is 2.95. The van der Waals surface area contributed by atoms with Gasteiger partial charge in [0.05, 0.1) is 16.8 Å². The number of rotatable bonds is 5. The van der Waals surface area contributed by atoms with Crippen molar-refractivity contribution in [2.75, 3.05) is 19.0 Å². The molecule has 108 valence electrons. The van der Waals surface area contributed by atoms with Crippen LogP contribution in [0.4, 0.5) is 16.0 Å². The molecule has 4 nitrogen and oxygen atoms in total. The molecule has 1 aromatic heterocycles. The van der Waals surface area contributed by atoms with Crippen molar-refractivity contribution < 1.29 is 9.13 Å². The first kappa shape index (κ1) is 15.0. The Labute approximate surface area is 126 Å². The first-order chi connectivity index (χ1) is 9.51. The molecule has 0 amide bonds. The quantitative estimate of drug-likeness (QED) is 0.899. The van der Waals surface area contributed by atoms with E-state index in [1.807, 2.05) is 24.6 Å². The molecule has 0 aliphatic carbocycles. The summed E-state index contributed by atoms with van der Waals surface area (Å²) >= 11 is 3.18. The number of hydrogen-bond donors (Lipinski definition) is 1. The molecule has 0 bridgehead atoms. The number of ether oxygens (including phenoxy) is 1. The molecule has 0 aliphatic rings. The highest BCUT2D eigenvalue weighted by Crippen LogP contribution is 2.26. The van der Waals surface area contributed by atoms with Gasteiger partial charge in [-0.15, -0.1) is 0 Å². The zero-order valence-electron chi connectivity index (χ0n) is 11.7. The number of aromatic nitrogens is 2. The molecule has 1 aromatic carbocycles. The normalized spacial score (nSPS) is 10.8. The molecule has 1 N–H and O–H groups in total. The van der Waals surface area contributed by atoms with Gasteiger partial charge in [0.2, 0.25) is 5.95 Å². The number of halogens is 2. The number of anilines is 2. The summed E-state index contributed by atoms with van der Waals surface area (Å²) in [6.45, 7) is 5.13. The van der Waals surface area contributed by atoms with E-state index in [0.717, 1.165) is 11.3 Å². The van der Waals surface area contributed by atoms with Crippen LogP contribution >= 0.6 is 15.9 Å². The van der Waals surface area contributed by atoms with Gasteiger partial charge >= 0.3 is 0 Å². The van der Waals surface area contributed by atoms with E-state index in [9.17, 15) is 4.39 Å². The molecule has 0 unspecified atom stereocenters. The predicted octanol–water partition coefficient (Wildman–Crippen LogP) is 3.79. The Bertz CT molecular complexity index is 613. The van der Waals surface area contributed by atoms with Crippen molar-refractivity contribution in [2.24, 2.45) is 0 Å². The molecule has 2 aromatic rings. The zero-order valence-corrected chi connectivity index (χ0v) is 13.3. The highest BCUT2D eigenvalue weighted by Gasteiger charge is 2.10. The topological polar surface area (TPSA) is 39.1 Å². The molecular formula is C14H17BrFN3O. The summed E-state index contributed by atoms with van der Waals surface area (Å²) in [5.74, 6) is 0.384. The van der Waals surface area contributed by atoms with Gasteiger partial charge in [0.25, 0.3) is 0 Å². The average Bonchev–Trinajstić information content (AvgIpc) is 2.73. The van der Waals surface area contributed by atoms with E-state index in [0.29, 0.717) is 29.3 Å². The Balaban J connectivity index is 2.27. The second kappa shape index (κ2) is 6.37. The molecule has 2 rings (SSSR count). The number of hydrogen-bond acceptors (Lipinski definition) is 3. The van der Waals surface area contributed by atoms with E-state index < -0.39 is 0 Å². The van der Waals surface area contributed by atoms with Crippen molar-refractivity contribution >= 4 is 27.6 Å².